The monoisotopic (exact) mass is 240 g/mol. The van der Waals surface area contributed by atoms with Gasteiger partial charge in [-0.25, -0.2) is 0 Å². The molecule has 13 heavy (non-hydrogen) atoms. The number of hydrogen-bond donors (Lipinski definition) is 0. The quantitative estimate of drug-likeness (QED) is 0.734. The van der Waals surface area contributed by atoms with Crippen molar-refractivity contribution in [2.24, 2.45) is 0 Å². The molecule has 0 atom stereocenters. The van der Waals surface area contributed by atoms with Crippen LogP contribution in [0.3, 0.4) is 0 Å². The van der Waals surface area contributed by atoms with Crippen LogP contribution in [-0.4, -0.2) is 0 Å². The summed E-state index contributed by atoms with van der Waals surface area (Å²) in [5.74, 6) is 0. The van der Waals surface area contributed by atoms with E-state index in [4.69, 9.17) is 0 Å². The maximum absolute atomic E-state index is 3.55. The van der Waals surface area contributed by atoms with Crippen molar-refractivity contribution in [3.8, 4) is 0 Å². The smallest absolute Gasteiger partial charge is 0.0180 e. The molecule has 1 rings (SSSR count). The van der Waals surface area contributed by atoms with Gasteiger partial charge in [-0.05, 0) is 36.1 Å². The Bertz CT molecular complexity index is 242. The summed E-state index contributed by atoms with van der Waals surface area (Å²) in [5.41, 5.74) is 2.92. The third kappa shape index (κ3) is 3.51. The Morgan fingerprint density at radius 2 is 1.38 bits per heavy atom. The molecule has 0 unspecified atom stereocenters. The summed E-state index contributed by atoms with van der Waals surface area (Å²) < 4.78 is 1.22. The van der Waals surface area contributed by atoms with Crippen molar-refractivity contribution in [3.63, 3.8) is 0 Å². The third-order valence-electron chi connectivity index (χ3n) is 2.09. The van der Waals surface area contributed by atoms with E-state index >= 15 is 0 Å². The van der Waals surface area contributed by atoms with Crippen LogP contribution in [0.2, 0.25) is 0 Å². The molecular formula is C12H17Br. The second-order valence-electron chi connectivity index (χ2n) is 3.47. The Hall–Kier alpha value is -0.300. The Kier molecular flexibility index (Phi) is 4.51. The van der Waals surface area contributed by atoms with Gasteiger partial charge in [0.25, 0.3) is 0 Å². The fraction of sp³-hybridized carbons (Fsp3) is 0.500. The molecule has 0 fully saturated rings. The van der Waals surface area contributed by atoms with Gasteiger partial charge in [0.05, 0.1) is 0 Å². The zero-order valence-corrected chi connectivity index (χ0v) is 10.0. The minimum Gasteiger partial charge on any atom is -0.0651 e. The molecule has 1 heteroatoms. The van der Waals surface area contributed by atoms with Gasteiger partial charge in [0.1, 0.15) is 0 Å². The van der Waals surface area contributed by atoms with E-state index in [1.807, 2.05) is 0 Å². The van der Waals surface area contributed by atoms with Crippen LogP contribution >= 0.6 is 15.9 Å². The van der Waals surface area contributed by atoms with E-state index in [1.54, 1.807) is 0 Å². The molecule has 72 valence electrons. The fourth-order valence-corrected chi connectivity index (χ4v) is 2.17. The number of aryl methyl sites for hydroxylation is 2. The van der Waals surface area contributed by atoms with Crippen molar-refractivity contribution < 1.29 is 0 Å². The summed E-state index contributed by atoms with van der Waals surface area (Å²) in [6.07, 6.45) is 4.83. The molecule has 0 aliphatic rings. The van der Waals surface area contributed by atoms with Crippen LogP contribution in [0, 0.1) is 0 Å². The van der Waals surface area contributed by atoms with Crippen LogP contribution in [0.5, 0.6) is 0 Å². The molecule has 0 radical (unpaired) electrons. The molecule has 0 saturated heterocycles. The van der Waals surface area contributed by atoms with Gasteiger partial charge in [0.15, 0.2) is 0 Å². The highest BCUT2D eigenvalue weighted by atomic mass is 79.9. The first-order valence-corrected chi connectivity index (χ1v) is 5.84. The largest absolute Gasteiger partial charge is 0.0651 e. The minimum atomic E-state index is 1.19. The highest BCUT2D eigenvalue weighted by Gasteiger charge is 1.98. The van der Waals surface area contributed by atoms with Gasteiger partial charge >= 0.3 is 0 Å². The lowest BCUT2D eigenvalue weighted by molar-refractivity contribution is 0.894. The predicted octanol–water partition coefficient (Wildman–Crippen LogP) is 4.35. The second kappa shape index (κ2) is 5.43. The zero-order chi connectivity index (χ0) is 9.68. The zero-order valence-electron chi connectivity index (χ0n) is 8.44. The summed E-state index contributed by atoms with van der Waals surface area (Å²) in [6.45, 7) is 4.45. The first-order valence-electron chi connectivity index (χ1n) is 5.04. The summed E-state index contributed by atoms with van der Waals surface area (Å²) in [4.78, 5) is 0. The lowest BCUT2D eigenvalue weighted by Gasteiger charge is -2.04. The van der Waals surface area contributed by atoms with E-state index in [2.05, 4.69) is 48.0 Å². The molecule has 0 nitrogen and oxygen atoms in total. The lowest BCUT2D eigenvalue weighted by atomic mass is 10.0. The third-order valence-corrected chi connectivity index (χ3v) is 2.55. The highest BCUT2D eigenvalue weighted by molar-refractivity contribution is 9.10. The topological polar surface area (TPSA) is 0 Å². The van der Waals surface area contributed by atoms with Crippen LogP contribution in [0.1, 0.15) is 37.8 Å². The predicted molar refractivity (Wildman–Crippen MR) is 62.1 cm³/mol. The number of hydrogen-bond acceptors (Lipinski definition) is 0. The molecule has 0 N–H and O–H groups in total. The summed E-state index contributed by atoms with van der Waals surface area (Å²) in [6, 6.07) is 6.78. The summed E-state index contributed by atoms with van der Waals surface area (Å²) >= 11 is 3.55. The molecule has 0 aliphatic heterocycles. The Morgan fingerprint density at radius 3 is 1.77 bits per heavy atom. The van der Waals surface area contributed by atoms with Crippen molar-refractivity contribution >= 4 is 15.9 Å². The molecule has 0 aromatic heterocycles. The summed E-state index contributed by atoms with van der Waals surface area (Å²) in [5, 5.41) is 0. The molecule has 0 spiro atoms. The maximum atomic E-state index is 3.55. The van der Waals surface area contributed by atoms with Gasteiger partial charge < -0.3 is 0 Å². The first kappa shape index (κ1) is 10.8. The van der Waals surface area contributed by atoms with E-state index in [9.17, 15) is 0 Å². The molecule has 0 saturated carbocycles. The van der Waals surface area contributed by atoms with Gasteiger partial charge in [-0.3, -0.25) is 0 Å². The van der Waals surface area contributed by atoms with Crippen LogP contribution in [0.15, 0.2) is 22.7 Å². The standard InChI is InChI=1S/C12H17Br/c1-3-5-10-7-11(6-4-2)9-12(13)8-10/h7-9H,3-6H2,1-2H3. The molecule has 1 aromatic rings. The van der Waals surface area contributed by atoms with Gasteiger partial charge in [0.2, 0.25) is 0 Å². The minimum absolute atomic E-state index is 1.19. The SMILES string of the molecule is CCCc1cc(Br)cc(CCC)c1. The van der Waals surface area contributed by atoms with E-state index in [-0.39, 0.29) is 0 Å². The number of halogens is 1. The lowest BCUT2D eigenvalue weighted by Crippen LogP contribution is -1.88. The molecule has 1 aromatic carbocycles. The highest BCUT2D eigenvalue weighted by Crippen LogP contribution is 2.18. The van der Waals surface area contributed by atoms with Gasteiger partial charge in [0, 0.05) is 4.47 Å². The normalized spacial score (nSPS) is 10.4. The molecule has 0 bridgehead atoms. The van der Waals surface area contributed by atoms with E-state index in [0.717, 1.165) is 0 Å². The van der Waals surface area contributed by atoms with E-state index in [1.165, 1.54) is 41.3 Å². The van der Waals surface area contributed by atoms with Gasteiger partial charge in [-0.1, -0.05) is 48.7 Å². The Labute approximate surface area is 89.5 Å². The Morgan fingerprint density at radius 1 is 0.923 bits per heavy atom. The first-order chi connectivity index (χ1) is 6.26. The van der Waals surface area contributed by atoms with Crippen LogP contribution in [0.4, 0.5) is 0 Å². The van der Waals surface area contributed by atoms with Crippen molar-refractivity contribution in [1.82, 2.24) is 0 Å². The van der Waals surface area contributed by atoms with E-state index in [0.29, 0.717) is 0 Å². The molecule has 0 amide bonds. The van der Waals surface area contributed by atoms with Gasteiger partial charge in [-0.15, -0.1) is 0 Å². The number of benzene rings is 1. The van der Waals surface area contributed by atoms with Crippen molar-refractivity contribution in [3.05, 3.63) is 33.8 Å². The van der Waals surface area contributed by atoms with Crippen molar-refractivity contribution in [1.29, 1.82) is 0 Å². The molecule has 0 heterocycles. The van der Waals surface area contributed by atoms with Crippen LogP contribution in [0.25, 0.3) is 0 Å². The Balaban J connectivity index is 2.83. The maximum Gasteiger partial charge on any atom is 0.0180 e. The molecular weight excluding hydrogens is 224 g/mol. The second-order valence-corrected chi connectivity index (χ2v) is 4.38. The van der Waals surface area contributed by atoms with E-state index < -0.39 is 0 Å². The average molecular weight is 241 g/mol. The van der Waals surface area contributed by atoms with Gasteiger partial charge in [-0.2, -0.15) is 0 Å². The van der Waals surface area contributed by atoms with Crippen molar-refractivity contribution in [2.75, 3.05) is 0 Å². The molecule has 0 aliphatic carbocycles. The van der Waals surface area contributed by atoms with Crippen LogP contribution in [-0.2, 0) is 12.8 Å². The van der Waals surface area contributed by atoms with Crippen LogP contribution < -0.4 is 0 Å². The fourth-order valence-electron chi connectivity index (χ4n) is 1.58. The number of rotatable bonds is 4. The van der Waals surface area contributed by atoms with Crippen molar-refractivity contribution in [2.45, 2.75) is 39.5 Å². The average Bonchev–Trinajstić information content (AvgIpc) is 2.04. The summed E-state index contributed by atoms with van der Waals surface area (Å²) in [7, 11) is 0.